The van der Waals surface area contributed by atoms with Gasteiger partial charge in [-0.25, -0.2) is 9.59 Å². The number of carbonyl (C=O) groups is 3. The van der Waals surface area contributed by atoms with Crippen molar-refractivity contribution in [2.45, 2.75) is 44.7 Å². The van der Waals surface area contributed by atoms with Crippen LogP contribution in [-0.4, -0.2) is 51.5 Å². The van der Waals surface area contributed by atoms with Crippen LogP contribution in [0.3, 0.4) is 0 Å². The molecule has 0 aliphatic carbocycles. The molecule has 1 atom stereocenters. The molecular weight excluding hydrogens is 478 g/mol. The number of rotatable bonds is 9. The van der Waals surface area contributed by atoms with Crippen molar-refractivity contribution >= 4 is 23.5 Å². The number of hydrogen-bond acceptors (Lipinski definition) is 6. The monoisotopic (exact) mass is 511 g/mol. The largest absolute Gasteiger partial charge is 0.478 e. The van der Waals surface area contributed by atoms with E-state index in [0.717, 1.165) is 38.6 Å². The van der Waals surface area contributed by atoms with Crippen LogP contribution in [0.15, 0.2) is 60.2 Å². The Morgan fingerprint density at radius 1 is 1.14 bits per heavy atom. The topological polar surface area (TPSA) is 160 Å². The quantitative estimate of drug-likeness (QED) is 0.374. The molecule has 4 rings (SSSR count). The average molecular weight is 512 g/mol. The summed E-state index contributed by atoms with van der Waals surface area (Å²) in [6.45, 7) is 4.16. The molecule has 2 aromatic carbocycles. The summed E-state index contributed by atoms with van der Waals surface area (Å²) in [7, 11) is 0. The van der Waals surface area contributed by atoms with Crippen LogP contribution in [-0.2, 0) is 26.5 Å². The van der Waals surface area contributed by atoms with Crippen molar-refractivity contribution < 1.29 is 34.9 Å². The Balaban J connectivity index is 0.00000380. The van der Waals surface area contributed by atoms with Gasteiger partial charge >= 0.3 is 11.9 Å². The number of amides is 1. The van der Waals surface area contributed by atoms with Crippen LogP contribution in [0.1, 0.15) is 43.7 Å². The van der Waals surface area contributed by atoms with E-state index >= 15 is 0 Å². The molecule has 10 nitrogen and oxygen atoms in total. The minimum atomic E-state index is -1.37. The number of carbonyl (C=O) groups excluding carboxylic acids is 1. The number of hydroxylamine groups is 1. The van der Waals surface area contributed by atoms with E-state index in [9.17, 15) is 24.6 Å². The molecule has 1 amide bonds. The van der Waals surface area contributed by atoms with Crippen molar-refractivity contribution in [3.05, 3.63) is 71.3 Å². The SMILES string of the molecule is CC(=O)Nc1ccc2c(c1)C(CCC1CCN(Cc3ccccc3)CC1)(/C(=C\C(=O)O)C(=O)O)NO2.O. The van der Waals surface area contributed by atoms with Crippen LogP contribution in [0.5, 0.6) is 5.75 Å². The summed E-state index contributed by atoms with van der Waals surface area (Å²) in [4.78, 5) is 43.5. The predicted octanol–water partition coefficient (Wildman–Crippen LogP) is 2.70. The number of piperidine rings is 1. The first kappa shape index (κ1) is 27.9. The van der Waals surface area contributed by atoms with Crippen molar-refractivity contribution in [3.8, 4) is 5.75 Å². The van der Waals surface area contributed by atoms with E-state index < -0.39 is 17.5 Å². The van der Waals surface area contributed by atoms with Gasteiger partial charge in [-0.15, -0.1) is 5.48 Å². The highest BCUT2D eigenvalue weighted by molar-refractivity contribution is 5.97. The fraction of sp³-hybridized carbons (Fsp3) is 0.370. The molecule has 0 spiro atoms. The molecule has 2 aliphatic rings. The number of hydrogen-bond donors (Lipinski definition) is 4. The third-order valence-electron chi connectivity index (χ3n) is 6.94. The van der Waals surface area contributed by atoms with Gasteiger partial charge in [0.15, 0.2) is 5.75 Å². The number of fused-ring (bicyclic) bond motifs is 1. The second-order valence-electron chi connectivity index (χ2n) is 9.45. The number of carboxylic acids is 2. The Morgan fingerprint density at radius 2 is 1.84 bits per heavy atom. The first-order chi connectivity index (χ1) is 17.3. The minimum Gasteiger partial charge on any atom is -0.478 e. The van der Waals surface area contributed by atoms with Crippen LogP contribution >= 0.6 is 0 Å². The lowest BCUT2D eigenvalue weighted by molar-refractivity contribution is -0.136. The number of likely N-dealkylation sites (tertiary alicyclic amines) is 1. The average Bonchev–Trinajstić information content (AvgIpc) is 3.21. The van der Waals surface area contributed by atoms with Gasteiger partial charge < -0.3 is 25.8 Å². The zero-order chi connectivity index (χ0) is 25.7. The van der Waals surface area contributed by atoms with E-state index in [-0.39, 0.29) is 17.0 Å². The summed E-state index contributed by atoms with van der Waals surface area (Å²) in [5.74, 6) is -2.20. The maximum absolute atomic E-state index is 12.3. The van der Waals surface area contributed by atoms with Gasteiger partial charge in [-0.1, -0.05) is 30.3 Å². The molecule has 37 heavy (non-hydrogen) atoms. The van der Waals surface area contributed by atoms with Gasteiger partial charge in [-0.2, -0.15) is 0 Å². The van der Waals surface area contributed by atoms with E-state index in [4.69, 9.17) is 4.84 Å². The minimum absolute atomic E-state index is 0. The summed E-state index contributed by atoms with van der Waals surface area (Å²) in [6, 6.07) is 15.3. The Hall–Kier alpha value is -3.73. The zero-order valence-corrected chi connectivity index (χ0v) is 20.7. The molecule has 6 N–H and O–H groups in total. The lowest BCUT2D eigenvalue weighted by atomic mass is 9.76. The van der Waals surface area contributed by atoms with E-state index in [0.29, 0.717) is 35.8 Å². The highest BCUT2D eigenvalue weighted by atomic mass is 16.7. The first-order valence-corrected chi connectivity index (χ1v) is 12.1. The van der Waals surface area contributed by atoms with Crippen LogP contribution in [0, 0.1) is 5.92 Å². The molecule has 198 valence electrons. The van der Waals surface area contributed by atoms with Gasteiger partial charge in [0.2, 0.25) is 5.91 Å². The summed E-state index contributed by atoms with van der Waals surface area (Å²) >= 11 is 0. The highest BCUT2D eigenvalue weighted by Gasteiger charge is 2.47. The number of carboxylic acid groups (broad SMARTS) is 2. The summed E-state index contributed by atoms with van der Waals surface area (Å²) in [5.41, 5.74) is 3.42. The molecule has 2 heterocycles. The molecule has 1 fully saturated rings. The molecule has 1 unspecified atom stereocenters. The normalized spacial score (nSPS) is 19.9. The van der Waals surface area contributed by atoms with E-state index in [1.165, 1.54) is 12.5 Å². The predicted molar refractivity (Wildman–Crippen MR) is 137 cm³/mol. The van der Waals surface area contributed by atoms with E-state index in [1.54, 1.807) is 18.2 Å². The van der Waals surface area contributed by atoms with Gasteiger partial charge in [0.05, 0.1) is 5.57 Å². The van der Waals surface area contributed by atoms with Crippen LogP contribution in [0.25, 0.3) is 0 Å². The first-order valence-electron chi connectivity index (χ1n) is 12.1. The van der Waals surface area contributed by atoms with Gasteiger partial charge in [0.1, 0.15) is 5.54 Å². The van der Waals surface area contributed by atoms with E-state index in [2.05, 4.69) is 27.8 Å². The number of anilines is 1. The number of benzene rings is 2. The lowest BCUT2D eigenvalue weighted by Crippen LogP contribution is -2.44. The van der Waals surface area contributed by atoms with Crippen LogP contribution in [0.2, 0.25) is 0 Å². The highest BCUT2D eigenvalue weighted by Crippen LogP contribution is 2.46. The summed E-state index contributed by atoms with van der Waals surface area (Å²) < 4.78 is 0. The summed E-state index contributed by atoms with van der Waals surface area (Å²) in [6.07, 6.45) is 3.67. The third kappa shape index (κ3) is 6.53. The summed E-state index contributed by atoms with van der Waals surface area (Å²) in [5, 5.41) is 22.1. The molecule has 0 bridgehead atoms. The molecule has 2 aromatic rings. The Morgan fingerprint density at radius 3 is 2.46 bits per heavy atom. The van der Waals surface area contributed by atoms with Gasteiger partial charge in [-0.05, 0) is 68.5 Å². The standard InChI is InChI=1S/C27H31N3O6.H2O/c1-18(31)28-21-7-8-24-22(15-21)27(29-36-24,23(26(34)35)16-25(32)33)12-9-19-10-13-30(14-11-19)17-20-5-3-2-4-6-20;/h2-8,15-16,19,29H,9-14,17H2,1H3,(H,28,31)(H,32,33)(H,34,35);1H2/b23-16-;. The fourth-order valence-electron chi connectivity index (χ4n) is 5.14. The Labute approximate surface area is 215 Å². The molecule has 0 radical (unpaired) electrons. The second-order valence-corrected chi connectivity index (χ2v) is 9.45. The van der Waals surface area contributed by atoms with Crippen molar-refractivity contribution in [1.29, 1.82) is 0 Å². The van der Waals surface area contributed by atoms with Crippen molar-refractivity contribution in [3.63, 3.8) is 0 Å². The molecular formula is C27H33N3O7. The van der Waals surface area contributed by atoms with E-state index in [1.807, 2.05) is 18.2 Å². The Kier molecular flexibility index (Phi) is 9.04. The molecule has 1 saturated heterocycles. The molecule has 10 heteroatoms. The molecule has 2 aliphatic heterocycles. The van der Waals surface area contributed by atoms with Crippen LogP contribution < -0.4 is 15.6 Å². The van der Waals surface area contributed by atoms with Gasteiger partial charge in [0, 0.05) is 30.8 Å². The second kappa shape index (κ2) is 12.0. The molecule has 0 aromatic heterocycles. The molecule has 0 saturated carbocycles. The van der Waals surface area contributed by atoms with Gasteiger partial charge in [0.25, 0.3) is 0 Å². The maximum atomic E-state index is 12.3. The van der Waals surface area contributed by atoms with Gasteiger partial charge in [-0.3, -0.25) is 9.69 Å². The third-order valence-corrected chi connectivity index (χ3v) is 6.94. The van der Waals surface area contributed by atoms with Crippen molar-refractivity contribution in [2.75, 3.05) is 18.4 Å². The van der Waals surface area contributed by atoms with Crippen LogP contribution in [0.4, 0.5) is 5.69 Å². The van der Waals surface area contributed by atoms with Crippen molar-refractivity contribution in [2.24, 2.45) is 5.92 Å². The fourth-order valence-corrected chi connectivity index (χ4v) is 5.14. The zero-order valence-electron chi connectivity index (χ0n) is 20.7. The smallest absolute Gasteiger partial charge is 0.334 e. The number of nitrogens with zero attached hydrogens (tertiary/aromatic N) is 1. The number of aliphatic carboxylic acids is 2. The Bertz CT molecular complexity index is 1160. The lowest BCUT2D eigenvalue weighted by Gasteiger charge is -2.35. The maximum Gasteiger partial charge on any atom is 0.334 e. The van der Waals surface area contributed by atoms with Crippen molar-refractivity contribution in [1.82, 2.24) is 10.4 Å². The number of nitrogens with one attached hydrogen (secondary N) is 2.